The van der Waals surface area contributed by atoms with Gasteiger partial charge in [0.2, 0.25) is 10.0 Å². The molecular weight excluding hydrogens is 286 g/mol. The molecule has 0 aromatic heterocycles. The normalized spacial score (nSPS) is 17.0. The Kier molecular flexibility index (Phi) is 3.87. The maximum absolute atomic E-state index is 12.7. The Balaban J connectivity index is 2.00. The van der Waals surface area contributed by atoms with E-state index in [-0.39, 0.29) is 0 Å². The molecule has 0 N–H and O–H groups in total. The van der Waals surface area contributed by atoms with Gasteiger partial charge in [0.05, 0.1) is 12.0 Å². The van der Waals surface area contributed by atoms with Crippen LogP contribution in [0.25, 0.3) is 10.8 Å². The monoisotopic (exact) mass is 305 g/mol. The van der Waals surface area contributed by atoms with Crippen molar-refractivity contribution in [2.75, 3.05) is 20.2 Å². The van der Waals surface area contributed by atoms with Crippen LogP contribution in [0.15, 0.2) is 41.3 Å². The summed E-state index contributed by atoms with van der Waals surface area (Å²) in [6.07, 6.45) is 3.01. The highest BCUT2D eigenvalue weighted by molar-refractivity contribution is 7.89. The van der Waals surface area contributed by atoms with Crippen LogP contribution < -0.4 is 4.74 Å². The Morgan fingerprint density at radius 1 is 0.952 bits per heavy atom. The van der Waals surface area contributed by atoms with E-state index in [9.17, 15) is 8.42 Å². The van der Waals surface area contributed by atoms with Crippen molar-refractivity contribution >= 4 is 20.8 Å². The maximum atomic E-state index is 12.7. The molecule has 21 heavy (non-hydrogen) atoms. The summed E-state index contributed by atoms with van der Waals surface area (Å²) < 4.78 is 32.1. The quantitative estimate of drug-likeness (QED) is 0.875. The molecule has 112 valence electrons. The first kappa shape index (κ1) is 14.4. The topological polar surface area (TPSA) is 46.6 Å². The van der Waals surface area contributed by atoms with Gasteiger partial charge in [0.15, 0.2) is 0 Å². The van der Waals surface area contributed by atoms with E-state index in [1.165, 1.54) is 0 Å². The Morgan fingerprint density at radius 2 is 1.62 bits per heavy atom. The van der Waals surface area contributed by atoms with E-state index < -0.39 is 10.0 Å². The number of piperidine rings is 1. The molecule has 0 amide bonds. The summed E-state index contributed by atoms with van der Waals surface area (Å²) in [7, 11) is -1.75. The van der Waals surface area contributed by atoms with E-state index in [1.807, 2.05) is 24.3 Å². The Bertz CT molecular complexity index is 749. The highest BCUT2D eigenvalue weighted by Crippen LogP contribution is 2.26. The first-order valence-electron chi connectivity index (χ1n) is 7.19. The molecule has 5 heteroatoms. The summed E-state index contributed by atoms with van der Waals surface area (Å²) in [5.74, 6) is 0.772. The average Bonchev–Trinajstić information content (AvgIpc) is 2.54. The van der Waals surface area contributed by atoms with Crippen LogP contribution in [0.1, 0.15) is 19.3 Å². The molecule has 0 aliphatic carbocycles. The zero-order valence-electron chi connectivity index (χ0n) is 12.1. The summed E-state index contributed by atoms with van der Waals surface area (Å²) in [6, 6.07) is 10.9. The number of hydrogen-bond donors (Lipinski definition) is 0. The van der Waals surface area contributed by atoms with Crippen molar-refractivity contribution < 1.29 is 13.2 Å². The zero-order chi connectivity index (χ0) is 14.9. The molecule has 2 aromatic carbocycles. The minimum atomic E-state index is -3.37. The fourth-order valence-corrected chi connectivity index (χ4v) is 4.30. The van der Waals surface area contributed by atoms with Gasteiger partial charge in [0.1, 0.15) is 5.75 Å². The molecule has 1 heterocycles. The highest BCUT2D eigenvalue weighted by atomic mass is 32.2. The number of fused-ring (bicyclic) bond motifs is 1. The summed E-state index contributed by atoms with van der Waals surface area (Å²) >= 11 is 0. The molecule has 2 aromatic rings. The van der Waals surface area contributed by atoms with Crippen molar-refractivity contribution in [1.29, 1.82) is 0 Å². The van der Waals surface area contributed by atoms with E-state index in [1.54, 1.807) is 23.5 Å². The fourth-order valence-electron chi connectivity index (χ4n) is 2.74. The Morgan fingerprint density at radius 3 is 2.33 bits per heavy atom. The third kappa shape index (κ3) is 2.76. The summed E-state index contributed by atoms with van der Waals surface area (Å²) in [6.45, 7) is 1.26. The number of ether oxygens (including phenoxy) is 1. The van der Waals surface area contributed by atoms with Crippen LogP contribution in [0.3, 0.4) is 0 Å². The molecule has 3 rings (SSSR count). The lowest BCUT2D eigenvalue weighted by Gasteiger charge is -2.26. The molecule has 4 nitrogen and oxygen atoms in total. The summed E-state index contributed by atoms with van der Waals surface area (Å²) in [5.41, 5.74) is 0. The first-order valence-corrected chi connectivity index (χ1v) is 8.63. The maximum Gasteiger partial charge on any atom is 0.243 e. The zero-order valence-corrected chi connectivity index (χ0v) is 12.9. The smallest absolute Gasteiger partial charge is 0.243 e. The molecule has 0 radical (unpaired) electrons. The highest BCUT2D eigenvalue weighted by Gasteiger charge is 2.25. The van der Waals surface area contributed by atoms with Crippen molar-refractivity contribution in [2.24, 2.45) is 0 Å². The minimum absolute atomic E-state index is 0.377. The number of rotatable bonds is 3. The van der Waals surface area contributed by atoms with Gasteiger partial charge in [0.25, 0.3) is 0 Å². The molecule has 1 fully saturated rings. The van der Waals surface area contributed by atoms with Gasteiger partial charge >= 0.3 is 0 Å². The van der Waals surface area contributed by atoms with Crippen molar-refractivity contribution in [3.63, 3.8) is 0 Å². The van der Waals surface area contributed by atoms with Gasteiger partial charge in [0, 0.05) is 13.1 Å². The third-order valence-electron chi connectivity index (χ3n) is 3.97. The predicted molar refractivity (Wildman–Crippen MR) is 83.1 cm³/mol. The fraction of sp³-hybridized carbons (Fsp3) is 0.375. The Labute approximate surface area is 125 Å². The van der Waals surface area contributed by atoms with E-state index >= 15 is 0 Å². The third-order valence-corrected chi connectivity index (χ3v) is 5.87. The SMILES string of the molecule is COc1ccc2cc(S(=O)(=O)N3CCCCC3)ccc2c1. The predicted octanol–water partition coefficient (Wildman–Crippen LogP) is 3.02. The molecule has 1 aliphatic rings. The second kappa shape index (κ2) is 5.66. The van der Waals surface area contributed by atoms with Crippen molar-refractivity contribution in [3.05, 3.63) is 36.4 Å². The van der Waals surface area contributed by atoms with Crippen molar-refractivity contribution in [2.45, 2.75) is 24.2 Å². The number of methoxy groups -OCH3 is 1. The molecule has 1 saturated heterocycles. The van der Waals surface area contributed by atoms with E-state index in [2.05, 4.69) is 0 Å². The minimum Gasteiger partial charge on any atom is -0.497 e. The van der Waals surface area contributed by atoms with Gasteiger partial charge in [-0.15, -0.1) is 0 Å². The molecule has 0 unspecified atom stereocenters. The van der Waals surface area contributed by atoms with E-state index in [4.69, 9.17) is 4.74 Å². The van der Waals surface area contributed by atoms with Crippen LogP contribution in [0.2, 0.25) is 0 Å². The molecule has 0 bridgehead atoms. The Hall–Kier alpha value is -1.59. The van der Waals surface area contributed by atoms with Crippen LogP contribution >= 0.6 is 0 Å². The summed E-state index contributed by atoms with van der Waals surface area (Å²) in [5, 5.41) is 1.89. The van der Waals surface area contributed by atoms with E-state index in [0.29, 0.717) is 18.0 Å². The lowest BCUT2D eigenvalue weighted by Crippen LogP contribution is -2.35. The number of nitrogens with zero attached hydrogens (tertiary/aromatic N) is 1. The van der Waals surface area contributed by atoms with Gasteiger partial charge in [-0.3, -0.25) is 0 Å². The van der Waals surface area contributed by atoms with E-state index in [0.717, 1.165) is 35.8 Å². The van der Waals surface area contributed by atoms with Crippen molar-refractivity contribution in [3.8, 4) is 5.75 Å². The molecule has 1 aliphatic heterocycles. The van der Waals surface area contributed by atoms with Gasteiger partial charge in [-0.1, -0.05) is 18.6 Å². The standard InChI is InChI=1S/C16H19NO3S/c1-20-15-7-5-14-12-16(8-6-13(14)11-15)21(18,19)17-9-3-2-4-10-17/h5-8,11-12H,2-4,9-10H2,1H3. The molecule has 0 atom stereocenters. The lowest BCUT2D eigenvalue weighted by atomic mass is 10.1. The first-order chi connectivity index (χ1) is 10.1. The number of benzene rings is 2. The lowest BCUT2D eigenvalue weighted by molar-refractivity contribution is 0.346. The van der Waals surface area contributed by atoms with Crippen LogP contribution in [-0.2, 0) is 10.0 Å². The van der Waals surface area contributed by atoms with Gasteiger partial charge in [-0.25, -0.2) is 8.42 Å². The van der Waals surface area contributed by atoms with Crippen LogP contribution in [0.4, 0.5) is 0 Å². The number of sulfonamides is 1. The van der Waals surface area contributed by atoms with Gasteiger partial charge < -0.3 is 4.74 Å². The van der Waals surface area contributed by atoms with Crippen LogP contribution in [0.5, 0.6) is 5.75 Å². The molecular formula is C16H19NO3S. The molecule has 0 saturated carbocycles. The van der Waals surface area contributed by atoms with Crippen LogP contribution in [0, 0.1) is 0 Å². The van der Waals surface area contributed by atoms with Crippen molar-refractivity contribution in [1.82, 2.24) is 4.31 Å². The van der Waals surface area contributed by atoms with Crippen LogP contribution in [-0.4, -0.2) is 32.9 Å². The van der Waals surface area contributed by atoms with Gasteiger partial charge in [-0.05, 0) is 47.9 Å². The largest absolute Gasteiger partial charge is 0.497 e. The summed E-state index contributed by atoms with van der Waals surface area (Å²) in [4.78, 5) is 0.377. The second-order valence-electron chi connectivity index (χ2n) is 5.34. The van der Waals surface area contributed by atoms with Gasteiger partial charge in [-0.2, -0.15) is 4.31 Å². The number of hydrogen-bond acceptors (Lipinski definition) is 3. The average molecular weight is 305 g/mol. The molecule has 0 spiro atoms. The second-order valence-corrected chi connectivity index (χ2v) is 7.28.